The molecule has 0 spiro atoms. The summed E-state index contributed by atoms with van der Waals surface area (Å²) >= 11 is 6.21. The highest BCUT2D eigenvalue weighted by Gasteiger charge is 2.08. The zero-order chi connectivity index (χ0) is 15.2. The fourth-order valence-electron chi connectivity index (χ4n) is 2.05. The van der Waals surface area contributed by atoms with Gasteiger partial charge < -0.3 is 15.2 Å². The predicted octanol–water partition coefficient (Wildman–Crippen LogP) is 5.01. The molecule has 0 radical (unpaired) electrons. The first-order chi connectivity index (χ1) is 10.1. The van der Waals surface area contributed by atoms with Crippen molar-refractivity contribution in [3.63, 3.8) is 0 Å². The van der Waals surface area contributed by atoms with Crippen LogP contribution in [0.2, 0.25) is 5.02 Å². The van der Waals surface area contributed by atoms with Crippen LogP contribution in [0.3, 0.4) is 0 Å². The molecule has 2 aromatic carbocycles. The lowest BCUT2D eigenvalue weighted by Gasteiger charge is -2.17. The molecule has 0 heterocycles. The maximum absolute atomic E-state index is 9.53. The summed E-state index contributed by atoms with van der Waals surface area (Å²) in [7, 11) is 0. The molecule has 0 aliphatic carbocycles. The Morgan fingerprint density at radius 3 is 2.71 bits per heavy atom. The van der Waals surface area contributed by atoms with E-state index in [9.17, 15) is 5.11 Å². The summed E-state index contributed by atoms with van der Waals surface area (Å²) < 4.78 is 5.55. The Morgan fingerprint density at radius 2 is 2.05 bits per heavy atom. The van der Waals surface area contributed by atoms with E-state index in [-0.39, 0.29) is 11.8 Å². The first-order valence-electron chi connectivity index (χ1n) is 7.08. The highest BCUT2D eigenvalue weighted by Crippen LogP contribution is 2.30. The number of hydrogen-bond acceptors (Lipinski definition) is 3. The normalized spacial score (nSPS) is 12.0. The van der Waals surface area contributed by atoms with Crippen molar-refractivity contribution in [2.45, 2.75) is 26.3 Å². The second kappa shape index (κ2) is 7.23. The van der Waals surface area contributed by atoms with Crippen LogP contribution in [0.1, 0.15) is 31.9 Å². The summed E-state index contributed by atoms with van der Waals surface area (Å²) in [5.41, 5.74) is 1.93. The summed E-state index contributed by atoms with van der Waals surface area (Å²) in [6.07, 6.45) is 0.949. The number of halogens is 1. The standard InChI is InChI=1S/C17H20ClNO2/c1-3-9-21-17-8-7-14(11-16(17)18)19-12(2)13-5-4-6-15(20)10-13/h4-8,10-12,19-20H,3,9H2,1-2H3. The Balaban J connectivity index is 2.07. The Morgan fingerprint density at radius 1 is 1.24 bits per heavy atom. The molecule has 0 saturated carbocycles. The number of phenolic OH excluding ortho intramolecular Hbond substituents is 1. The van der Waals surface area contributed by atoms with E-state index < -0.39 is 0 Å². The zero-order valence-corrected chi connectivity index (χ0v) is 13.0. The number of ether oxygens (including phenoxy) is 1. The van der Waals surface area contributed by atoms with Crippen molar-refractivity contribution in [3.05, 3.63) is 53.1 Å². The summed E-state index contributed by atoms with van der Waals surface area (Å²) in [6, 6.07) is 12.9. The SMILES string of the molecule is CCCOc1ccc(NC(C)c2cccc(O)c2)cc1Cl. The number of hydrogen-bond donors (Lipinski definition) is 2. The number of aromatic hydroxyl groups is 1. The quantitative estimate of drug-likeness (QED) is 0.788. The molecule has 2 N–H and O–H groups in total. The molecule has 1 atom stereocenters. The van der Waals surface area contributed by atoms with E-state index in [0.29, 0.717) is 17.4 Å². The second-order valence-corrected chi connectivity index (χ2v) is 5.36. The van der Waals surface area contributed by atoms with Crippen LogP contribution in [0.4, 0.5) is 5.69 Å². The van der Waals surface area contributed by atoms with Gasteiger partial charge in [-0.25, -0.2) is 0 Å². The number of benzene rings is 2. The van der Waals surface area contributed by atoms with Gasteiger partial charge in [-0.3, -0.25) is 0 Å². The monoisotopic (exact) mass is 305 g/mol. The first-order valence-corrected chi connectivity index (χ1v) is 7.45. The van der Waals surface area contributed by atoms with Crippen LogP contribution < -0.4 is 10.1 Å². The molecule has 0 bridgehead atoms. The van der Waals surface area contributed by atoms with Crippen molar-refractivity contribution >= 4 is 17.3 Å². The first kappa shape index (κ1) is 15.5. The lowest BCUT2D eigenvalue weighted by atomic mass is 10.1. The summed E-state index contributed by atoms with van der Waals surface area (Å²) in [5, 5.41) is 13.5. The van der Waals surface area contributed by atoms with Crippen LogP contribution in [0.25, 0.3) is 0 Å². The van der Waals surface area contributed by atoms with Gasteiger partial charge in [0.2, 0.25) is 0 Å². The molecule has 0 saturated heterocycles. The van der Waals surface area contributed by atoms with Crippen LogP contribution in [0, 0.1) is 0 Å². The van der Waals surface area contributed by atoms with Gasteiger partial charge in [0.05, 0.1) is 11.6 Å². The van der Waals surface area contributed by atoms with Crippen LogP contribution >= 0.6 is 11.6 Å². The lowest BCUT2D eigenvalue weighted by molar-refractivity contribution is 0.317. The van der Waals surface area contributed by atoms with Crippen LogP contribution in [0.5, 0.6) is 11.5 Å². The van der Waals surface area contributed by atoms with E-state index in [0.717, 1.165) is 17.7 Å². The van der Waals surface area contributed by atoms with Gasteiger partial charge >= 0.3 is 0 Å². The molecule has 2 rings (SSSR count). The fourth-order valence-corrected chi connectivity index (χ4v) is 2.28. The van der Waals surface area contributed by atoms with E-state index in [1.807, 2.05) is 37.3 Å². The largest absolute Gasteiger partial charge is 0.508 e. The topological polar surface area (TPSA) is 41.5 Å². The minimum Gasteiger partial charge on any atom is -0.508 e. The molecule has 3 nitrogen and oxygen atoms in total. The van der Waals surface area contributed by atoms with E-state index in [1.54, 1.807) is 12.1 Å². The molecule has 21 heavy (non-hydrogen) atoms. The predicted molar refractivity (Wildman–Crippen MR) is 87.4 cm³/mol. The number of nitrogens with one attached hydrogen (secondary N) is 1. The zero-order valence-electron chi connectivity index (χ0n) is 12.3. The molecule has 0 aromatic heterocycles. The van der Waals surface area contributed by atoms with Gasteiger partial charge in [0, 0.05) is 11.7 Å². The van der Waals surface area contributed by atoms with Crippen LogP contribution in [0.15, 0.2) is 42.5 Å². The summed E-state index contributed by atoms with van der Waals surface area (Å²) in [6.45, 7) is 4.75. The highest BCUT2D eigenvalue weighted by molar-refractivity contribution is 6.32. The lowest BCUT2D eigenvalue weighted by Crippen LogP contribution is -2.06. The molecule has 0 aliphatic heterocycles. The van der Waals surface area contributed by atoms with E-state index >= 15 is 0 Å². The average molecular weight is 306 g/mol. The van der Waals surface area contributed by atoms with Gasteiger partial charge in [0.25, 0.3) is 0 Å². The fraction of sp³-hybridized carbons (Fsp3) is 0.294. The van der Waals surface area contributed by atoms with Crippen LogP contribution in [-0.2, 0) is 0 Å². The van der Waals surface area contributed by atoms with Crippen molar-refractivity contribution in [1.29, 1.82) is 0 Å². The number of rotatable bonds is 6. The molecule has 4 heteroatoms. The van der Waals surface area contributed by atoms with Gasteiger partial charge in [0.15, 0.2) is 0 Å². The molecule has 0 aliphatic rings. The average Bonchev–Trinajstić information content (AvgIpc) is 2.46. The van der Waals surface area contributed by atoms with Crippen molar-refractivity contribution in [2.75, 3.05) is 11.9 Å². The molecule has 112 valence electrons. The van der Waals surface area contributed by atoms with E-state index in [4.69, 9.17) is 16.3 Å². The van der Waals surface area contributed by atoms with Crippen molar-refractivity contribution in [2.24, 2.45) is 0 Å². The molecule has 0 fully saturated rings. The van der Waals surface area contributed by atoms with Gasteiger partial charge in [-0.2, -0.15) is 0 Å². The molecular weight excluding hydrogens is 286 g/mol. The summed E-state index contributed by atoms with van der Waals surface area (Å²) in [4.78, 5) is 0. The third kappa shape index (κ3) is 4.30. The minimum absolute atomic E-state index is 0.0653. The van der Waals surface area contributed by atoms with Gasteiger partial charge in [-0.1, -0.05) is 30.7 Å². The number of anilines is 1. The second-order valence-electron chi connectivity index (χ2n) is 4.95. The highest BCUT2D eigenvalue weighted by atomic mass is 35.5. The van der Waals surface area contributed by atoms with Gasteiger partial charge in [-0.05, 0) is 49.2 Å². The summed E-state index contributed by atoms with van der Waals surface area (Å²) in [5.74, 6) is 0.969. The molecule has 1 unspecified atom stereocenters. The molecular formula is C17H20ClNO2. The van der Waals surface area contributed by atoms with Gasteiger partial charge in [-0.15, -0.1) is 0 Å². The Bertz CT molecular complexity index is 601. The van der Waals surface area contributed by atoms with Crippen molar-refractivity contribution in [1.82, 2.24) is 0 Å². The Labute approximate surface area is 130 Å². The Hall–Kier alpha value is -1.87. The maximum Gasteiger partial charge on any atom is 0.138 e. The molecule has 2 aromatic rings. The smallest absolute Gasteiger partial charge is 0.138 e. The van der Waals surface area contributed by atoms with E-state index in [2.05, 4.69) is 12.2 Å². The third-order valence-corrected chi connectivity index (χ3v) is 3.44. The maximum atomic E-state index is 9.53. The minimum atomic E-state index is 0.0653. The Kier molecular flexibility index (Phi) is 5.34. The van der Waals surface area contributed by atoms with Gasteiger partial charge in [0.1, 0.15) is 11.5 Å². The third-order valence-electron chi connectivity index (χ3n) is 3.15. The van der Waals surface area contributed by atoms with Crippen molar-refractivity contribution in [3.8, 4) is 11.5 Å². The van der Waals surface area contributed by atoms with Crippen molar-refractivity contribution < 1.29 is 9.84 Å². The molecule has 0 amide bonds. The number of phenols is 1. The van der Waals surface area contributed by atoms with E-state index in [1.165, 1.54) is 0 Å². The van der Waals surface area contributed by atoms with Crippen LogP contribution in [-0.4, -0.2) is 11.7 Å².